The standard InChI is InChI=1S/C22H22N2O5S/c1-4-28-17-10-9-14(11-18(17)29-5-2)12-19-20(25)24(3)22(30-19)23-16-8-6-7-15(13-16)21(26)27/h6-13H,4-5H2,1-3H3,(H,26,27)/b19-12+,23-22?. The van der Waals surface area contributed by atoms with Gasteiger partial charge in [-0.05, 0) is 67.6 Å². The van der Waals surface area contributed by atoms with Gasteiger partial charge in [-0.1, -0.05) is 12.1 Å². The molecule has 1 N–H and O–H groups in total. The van der Waals surface area contributed by atoms with E-state index in [2.05, 4.69) is 4.99 Å². The minimum atomic E-state index is -1.03. The van der Waals surface area contributed by atoms with Crippen LogP contribution in [0, 0.1) is 0 Å². The highest BCUT2D eigenvalue weighted by atomic mass is 32.2. The molecule has 0 bridgehead atoms. The molecule has 1 fully saturated rings. The molecule has 1 aliphatic rings. The molecule has 0 aliphatic carbocycles. The number of benzene rings is 2. The minimum Gasteiger partial charge on any atom is -0.490 e. The van der Waals surface area contributed by atoms with Crippen molar-refractivity contribution >= 4 is 40.6 Å². The third-order valence-corrected chi connectivity index (χ3v) is 5.25. The molecule has 1 heterocycles. The fraction of sp³-hybridized carbons (Fsp3) is 0.227. The predicted molar refractivity (Wildman–Crippen MR) is 118 cm³/mol. The average Bonchev–Trinajstić information content (AvgIpc) is 2.98. The first-order chi connectivity index (χ1) is 14.4. The van der Waals surface area contributed by atoms with Crippen molar-refractivity contribution in [2.45, 2.75) is 13.8 Å². The number of rotatable bonds is 7. The lowest BCUT2D eigenvalue weighted by molar-refractivity contribution is -0.121. The molecule has 1 aliphatic heterocycles. The molecule has 2 aromatic carbocycles. The summed E-state index contributed by atoms with van der Waals surface area (Å²) < 4.78 is 11.2. The van der Waals surface area contributed by atoms with Gasteiger partial charge in [-0.2, -0.15) is 0 Å². The number of thioether (sulfide) groups is 1. The van der Waals surface area contributed by atoms with Crippen molar-refractivity contribution in [3.63, 3.8) is 0 Å². The van der Waals surface area contributed by atoms with Gasteiger partial charge in [-0.25, -0.2) is 9.79 Å². The van der Waals surface area contributed by atoms with Crippen molar-refractivity contribution in [2.75, 3.05) is 20.3 Å². The Morgan fingerprint density at radius 2 is 1.87 bits per heavy atom. The largest absolute Gasteiger partial charge is 0.490 e. The molecule has 0 unspecified atom stereocenters. The van der Waals surface area contributed by atoms with Crippen LogP contribution in [-0.2, 0) is 4.79 Å². The van der Waals surface area contributed by atoms with Gasteiger partial charge in [-0.3, -0.25) is 9.69 Å². The highest BCUT2D eigenvalue weighted by Gasteiger charge is 2.30. The predicted octanol–water partition coefficient (Wildman–Crippen LogP) is 4.42. The third kappa shape index (κ3) is 4.83. The quantitative estimate of drug-likeness (QED) is 0.660. The van der Waals surface area contributed by atoms with Gasteiger partial charge in [0.2, 0.25) is 0 Å². The second kappa shape index (κ2) is 9.49. The fourth-order valence-electron chi connectivity index (χ4n) is 2.78. The molecular weight excluding hydrogens is 404 g/mol. The molecule has 1 saturated heterocycles. The van der Waals surface area contributed by atoms with Crippen LogP contribution in [-0.4, -0.2) is 47.3 Å². The van der Waals surface area contributed by atoms with Gasteiger partial charge in [0.1, 0.15) is 0 Å². The van der Waals surface area contributed by atoms with E-state index in [1.807, 2.05) is 32.0 Å². The van der Waals surface area contributed by atoms with Crippen LogP contribution < -0.4 is 9.47 Å². The first-order valence-corrected chi connectivity index (χ1v) is 10.2. The van der Waals surface area contributed by atoms with Crippen molar-refractivity contribution in [1.82, 2.24) is 4.90 Å². The maximum absolute atomic E-state index is 12.7. The molecular formula is C22H22N2O5S. The van der Waals surface area contributed by atoms with Crippen LogP contribution in [0.4, 0.5) is 5.69 Å². The fourth-order valence-corrected chi connectivity index (χ4v) is 3.77. The zero-order chi connectivity index (χ0) is 21.7. The number of hydrogen-bond acceptors (Lipinski definition) is 6. The van der Waals surface area contributed by atoms with E-state index in [0.29, 0.717) is 40.5 Å². The Hall–Kier alpha value is -3.26. The van der Waals surface area contributed by atoms with E-state index >= 15 is 0 Å². The zero-order valence-corrected chi connectivity index (χ0v) is 17.7. The number of carboxylic acids is 1. The number of aromatic carboxylic acids is 1. The highest BCUT2D eigenvalue weighted by Crippen LogP contribution is 2.35. The van der Waals surface area contributed by atoms with Crippen molar-refractivity contribution in [2.24, 2.45) is 4.99 Å². The highest BCUT2D eigenvalue weighted by molar-refractivity contribution is 8.18. The Labute approximate surface area is 179 Å². The minimum absolute atomic E-state index is 0.141. The summed E-state index contributed by atoms with van der Waals surface area (Å²) in [4.78, 5) is 30.2. The van der Waals surface area contributed by atoms with E-state index in [0.717, 1.165) is 5.56 Å². The number of carbonyl (C=O) groups excluding carboxylic acids is 1. The number of carbonyl (C=O) groups is 2. The number of likely N-dealkylation sites (N-methyl/N-ethyl adjacent to an activating group) is 1. The first kappa shape index (κ1) is 21.4. The van der Waals surface area contributed by atoms with Gasteiger partial charge in [0.25, 0.3) is 5.91 Å². The number of carboxylic acid groups (broad SMARTS) is 1. The Balaban J connectivity index is 1.88. The molecule has 0 spiro atoms. The van der Waals surface area contributed by atoms with E-state index in [1.54, 1.807) is 25.3 Å². The van der Waals surface area contributed by atoms with E-state index in [-0.39, 0.29) is 11.5 Å². The lowest BCUT2D eigenvalue weighted by atomic mass is 10.2. The number of ether oxygens (including phenoxy) is 2. The molecule has 8 heteroatoms. The van der Waals surface area contributed by atoms with Gasteiger partial charge in [0, 0.05) is 7.05 Å². The van der Waals surface area contributed by atoms with Gasteiger partial charge in [0.15, 0.2) is 16.7 Å². The van der Waals surface area contributed by atoms with Gasteiger partial charge in [-0.15, -0.1) is 0 Å². The molecule has 7 nitrogen and oxygen atoms in total. The SMILES string of the molecule is CCOc1ccc(/C=C2/SC(=Nc3cccc(C(=O)O)c3)N(C)C2=O)cc1OCC. The Kier molecular flexibility index (Phi) is 6.79. The zero-order valence-electron chi connectivity index (χ0n) is 16.9. The lowest BCUT2D eigenvalue weighted by Crippen LogP contribution is -2.23. The molecule has 30 heavy (non-hydrogen) atoms. The summed E-state index contributed by atoms with van der Waals surface area (Å²) in [6.07, 6.45) is 1.78. The first-order valence-electron chi connectivity index (χ1n) is 9.42. The van der Waals surface area contributed by atoms with E-state index in [1.165, 1.54) is 28.8 Å². The second-order valence-corrected chi connectivity index (χ2v) is 7.31. The summed E-state index contributed by atoms with van der Waals surface area (Å²) >= 11 is 1.23. The molecule has 0 atom stereocenters. The van der Waals surface area contributed by atoms with Gasteiger partial charge < -0.3 is 14.6 Å². The second-order valence-electron chi connectivity index (χ2n) is 6.30. The molecule has 0 saturated carbocycles. The smallest absolute Gasteiger partial charge is 0.335 e. The number of nitrogens with zero attached hydrogens (tertiary/aromatic N) is 2. The van der Waals surface area contributed by atoms with Crippen molar-refractivity contribution in [3.8, 4) is 11.5 Å². The number of hydrogen-bond donors (Lipinski definition) is 1. The van der Waals surface area contributed by atoms with Crippen LogP contribution in [0.15, 0.2) is 52.4 Å². The van der Waals surface area contributed by atoms with Crippen LogP contribution >= 0.6 is 11.8 Å². The average molecular weight is 426 g/mol. The Morgan fingerprint density at radius 1 is 1.13 bits per heavy atom. The van der Waals surface area contributed by atoms with Gasteiger partial charge >= 0.3 is 5.97 Å². The molecule has 0 radical (unpaired) electrons. The lowest BCUT2D eigenvalue weighted by Gasteiger charge is -2.11. The summed E-state index contributed by atoms with van der Waals surface area (Å²) in [5, 5.41) is 9.61. The maximum Gasteiger partial charge on any atom is 0.335 e. The molecule has 2 aromatic rings. The molecule has 156 valence electrons. The van der Waals surface area contributed by atoms with Crippen LogP contribution in [0.3, 0.4) is 0 Å². The van der Waals surface area contributed by atoms with Crippen molar-refractivity contribution < 1.29 is 24.2 Å². The van der Waals surface area contributed by atoms with Crippen molar-refractivity contribution in [1.29, 1.82) is 0 Å². The van der Waals surface area contributed by atoms with Crippen LogP contribution in [0.5, 0.6) is 11.5 Å². The monoisotopic (exact) mass is 426 g/mol. The maximum atomic E-state index is 12.7. The Morgan fingerprint density at radius 3 is 2.57 bits per heavy atom. The molecule has 0 aromatic heterocycles. The van der Waals surface area contributed by atoms with E-state index in [9.17, 15) is 9.59 Å². The summed E-state index contributed by atoms with van der Waals surface area (Å²) in [6, 6.07) is 11.8. The summed E-state index contributed by atoms with van der Waals surface area (Å²) in [7, 11) is 1.64. The molecule has 3 rings (SSSR count). The summed E-state index contributed by atoms with van der Waals surface area (Å²) in [6.45, 7) is 4.84. The molecule has 1 amide bonds. The van der Waals surface area contributed by atoms with Crippen LogP contribution in [0.2, 0.25) is 0 Å². The number of amides is 1. The normalized spacial score (nSPS) is 16.4. The van der Waals surface area contributed by atoms with Crippen LogP contribution in [0.25, 0.3) is 6.08 Å². The number of amidine groups is 1. The topological polar surface area (TPSA) is 88.4 Å². The van der Waals surface area contributed by atoms with E-state index in [4.69, 9.17) is 14.6 Å². The summed E-state index contributed by atoms with van der Waals surface area (Å²) in [5.41, 5.74) is 1.42. The third-order valence-electron chi connectivity index (χ3n) is 4.19. The number of aliphatic imine (C=N–C) groups is 1. The van der Waals surface area contributed by atoms with Crippen molar-refractivity contribution in [3.05, 3.63) is 58.5 Å². The van der Waals surface area contributed by atoms with Gasteiger partial charge in [0.05, 0.1) is 29.4 Å². The Bertz CT molecular complexity index is 1030. The van der Waals surface area contributed by atoms with Crippen LogP contribution in [0.1, 0.15) is 29.8 Å². The summed E-state index contributed by atoms with van der Waals surface area (Å²) in [5.74, 6) is 0.0724. The van der Waals surface area contributed by atoms with E-state index < -0.39 is 5.97 Å².